The van der Waals surface area contributed by atoms with Crippen LogP contribution in [0.2, 0.25) is 0 Å². The number of aromatic nitrogens is 1. The summed E-state index contributed by atoms with van der Waals surface area (Å²) in [6.45, 7) is 5.71. The lowest BCUT2D eigenvalue weighted by atomic mass is 10.1. The average Bonchev–Trinajstić information content (AvgIpc) is 2.47. The van der Waals surface area contributed by atoms with Gasteiger partial charge in [-0.15, -0.1) is 0 Å². The van der Waals surface area contributed by atoms with E-state index in [0.29, 0.717) is 17.6 Å². The molecule has 2 aromatic rings. The third-order valence-corrected chi connectivity index (χ3v) is 3.68. The van der Waals surface area contributed by atoms with E-state index < -0.39 is 0 Å². The Bertz CT molecular complexity index is 642. The number of hydrogen-bond acceptors (Lipinski definition) is 4. The van der Waals surface area contributed by atoms with Crippen molar-refractivity contribution in [3.63, 3.8) is 0 Å². The van der Waals surface area contributed by atoms with Crippen LogP contribution < -0.4 is 10.6 Å². The molecule has 1 heterocycles. The smallest absolute Gasteiger partial charge is 0.107 e. The molecule has 21 heavy (non-hydrogen) atoms. The maximum atomic E-state index is 5.91. The van der Waals surface area contributed by atoms with Crippen molar-refractivity contribution in [2.24, 2.45) is 5.73 Å². The van der Waals surface area contributed by atoms with Crippen molar-refractivity contribution in [2.75, 3.05) is 25.2 Å². The van der Waals surface area contributed by atoms with Gasteiger partial charge in [0.15, 0.2) is 0 Å². The highest BCUT2D eigenvalue weighted by molar-refractivity contribution is 7.80. The predicted octanol–water partition coefficient (Wildman–Crippen LogP) is 2.73. The lowest BCUT2D eigenvalue weighted by molar-refractivity contribution is 0.204. The summed E-state index contributed by atoms with van der Waals surface area (Å²) < 4.78 is 5.24. The van der Waals surface area contributed by atoms with Crippen LogP contribution in [0.3, 0.4) is 0 Å². The van der Waals surface area contributed by atoms with Gasteiger partial charge in [-0.1, -0.05) is 30.4 Å². The van der Waals surface area contributed by atoms with E-state index in [2.05, 4.69) is 29.8 Å². The number of para-hydroxylation sites is 1. The molecule has 0 unspecified atom stereocenters. The van der Waals surface area contributed by atoms with E-state index in [0.717, 1.165) is 28.7 Å². The highest BCUT2D eigenvalue weighted by Gasteiger charge is 2.19. The van der Waals surface area contributed by atoms with Crippen LogP contribution >= 0.6 is 12.2 Å². The Labute approximate surface area is 130 Å². The summed E-state index contributed by atoms with van der Waals surface area (Å²) in [6, 6.07) is 8.35. The second-order valence-electron chi connectivity index (χ2n) is 5.18. The number of rotatable bonds is 6. The van der Waals surface area contributed by atoms with Crippen LogP contribution in [-0.2, 0) is 4.74 Å². The summed E-state index contributed by atoms with van der Waals surface area (Å²) in [4.78, 5) is 7.09. The fourth-order valence-electron chi connectivity index (χ4n) is 2.43. The van der Waals surface area contributed by atoms with Crippen LogP contribution in [0.1, 0.15) is 19.4 Å². The normalized spacial score (nSPS) is 11.0. The molecule has 2 rings (SSSR count). The minimum Gasteiger partial charge on any atom is -0.389 e. The molecule has 0 fully saturated rings. The molecule has 112 valence electrons. The van der Waals surface area contributed by atoms with Crippen LogP contribution in [0, 0.1) is 0 Å². The second-order valence-corrected chi connectivity index (χ2v) is 5.62. The zero-order valence-corrected chi connectivity index (χ0v) is 13.5. The van der Waals surface area contributed by atoms with Gasteiger partial charge in [-0.3, -0.25) is 4.98 Å². The van der Waals surface area contributed by atoms with Crippen molar-refractivity contribution < 1.29 is 4.74 Å². The van der Waals surface area contributed by atoms with E-state index in [1.165, 1.54) is 0 Å². The van der Waals surface area contributed by atoms with Gasteiger partial charge in [0.25, 0.3) is 0 Å². The first-order chi connectivity index (χ1) is 10.1. The minimum atomic E-state index is 0.305. The molecule has 0 spiro atoms. The predicted molar refractivity (Wildman–Crippen MR) is 92.0 cm³/mol. The third-order valence-electron chi connectivity index (χ3n) is 3.46. The summed E-state index contributed by atoms with van der Waals surface area (Å²) in [7, 11) is 1.71. The molecule has 1 aromatic carbocycles. The van der Waals surface area contributed by atoms with Gasteiger partial charge in [0.2, 0.25) is 0 Å². The SMILES string of the molecule is COCCN(c1c(C(N)=S)cnc2ccccc12)C(C)C. The van der Waals surface area contributed by atoms with Gasteiger partial charge >= 0.3 is 0 Å². The van der Waals surface area contributed by atoms with Crippen LogP contribution in [0.15, 0.2) is 30.5 Å². The van der Waals surface area contributed by atoms with Crippen molar-refractivity contribution in [1.29, 1.82) is 0 Å². The number of benzene rings is 1. The Hall–Kier alpha value is -1.72. The Morgan fingerprint density at radius 2 is 2.10 bits per heavy atom. The first-order valence-corrected chi connectivity index (χ1v) is 7.40. The molecule has 0 saturated carbocycles. The lowest BCUT2D eigenvalue weighted by Gasteiger charge is -2.31. The van der Waals surface area contributed by atoms with E-state index in [-0.39, 0.29) is 0 Å². The zero-order chi connectivity index (χ0) is 15.4. The number of ether oxygens (including phenoxy) is 1. The quantitative estimate of drug-likeness (QED) is 0.832. The van der Waals surface area contributed by atoms with Crippen LogP contribution in [-0.4, -0.2) is 36.3 Å². The Kier molecular flexibility index (Phi) is 5.09. The van der Waals surface area contributed by atoms with Gasteiger partial charge in [-0.2, -0.15) is 0 Å². The maximum absolute atomic E-state index is 5.91. The van der Waals surface area contributed by atoms with Crippen molar-refractivity contribution in [1.82, 2.24) is 4.98 Å². The summed E-state index contributed by atoms with van der Waals surface area (Å²) >= 11 is 5.21. The molecule has 1 aromatic heterocycles. The van der Waals surface area contributed by atoms with Gasteiger partial charge in [0, 0.05) is 31.3 Å². The summed E-state index contributed by atoms with van der Waals surface area (Å²) in [5, 5.41) is 1.06. The summed E-state index contributed by atoms with van der Waals surface area (Å²) in [5.41, 5.74) is 8.70. The molecule has 0 atom stereocenters. The number of hydrogen-bond donors (Lipinski definition) is 1. The molecule has 0 aliphatic carbocycles. The van der Waals surface area contributed by atoms with Gasteiger partial charge in [0.1, 0.15) is 4.99 Å². The monoisotopic (exact) mass is 303 g/mol. The molecule has 0 aliphatic heterocycles. The molecule has 0 radical (unpaired) electrons. The number of anilines is 1. The van der Waals surface area contributed by atoms with Gasteiger partial charge in [-0.25, -0.2) is 0 Å². The Morgan fingerprint density at radius 1 is 1.38 bits per heavy atom. The Morgan fingerprint density at radius 3 is 2.71 bits per heavy atom. The maximum Gasteiger partial charge on any atom is 0.107 e. The molecule has 0 saturated heterocycles. The molecular weight excluding hydrogens is 282 g/mol. The van der Waals surface area contributed by atoms with Crippen LogP contribution in [0.5, 0.6) is 0 Å². The van der Waals surface area contributed by atoms with E-state index in [1.807, 2.05) is 18.2 Å². The van der Waals surface area contributed by atoms with Crippen molar-refractivity contribution in [2.45, 2.75) is 19.9 Å². The highest BCUT2D eigenvalue weighted by atomic mass is 32.1. The molecule has 5 heteroatoms. The number of pyridine rings is 1. The summed E-state index contributed by atoms with van der Waals surface area (Å²) in [5.74, 6) is 0. The van der Waals surface area contributed by atoms with Gasteiger partial charge in [-0.05, 0) is 19.9 Å². The largest absolute Gasteiger partial charge is 0.389 e. The van der Waals surface area contributed by atoms with E-state index in [1.54, 1.807) is 13.3 Å². The van der Waals surface area contributed by atoms with Crippen LogP contribution in [0.4, 0.5) is 5.69 Å². The average molecular weight is 303 g/mol. The lowest BCUT2D eigenvalue weighted by Crippen LogP contribution is -2.35. The first-order valence-electron chi connectivity index (χ1n) is 6.99. The zero-order valence-electron chi connectivity index (χ0n) is 12.7. The number of thiocarbonyl (C=S) groups is 1. The minimum absolute atomic E-state index is 0.305. The topological polar surface area (TPSA) is 51.4 Å². The number of fused-ring (bicyclic) bond motifs is 1. The number of methoxy groups -OCH3 is 1. The molecular formula is C16H21N3OS. The number of nitrogens with two attached hydrogens (primary N) is 1. The highest BCUT2D eigenvalue weighted by Crippen LogP contribution is 2.30. The van der Waals surface area contributed by atoms with Crippen molar-refractivity contribution in [3.05, 3.63) is 36.0 Å². The molecule has 0 aliphatic rings. The Balaban J connectivity index is 2.66. The van der Waals surface area contributed by atoms with E-state index >= 15 is 0 Å². The molecule has 0 bridgehead atoms. The fraction of sp³-hybridized carbons (Fsp3) is 0.375. The van der Waals surface area contributed by atoms with E-state index in [9.17, 15) is 0 Å². The van der Waals surface area contributed by atoms with E-state index in [4.69, 9.17) is 22.7 Å². The van der Waals surface area contributed by atoms with Gasteiger partial charge < -0.3 is 15.4 Å². The van der Waals surface area contributed by atoms with Crippen molar-refractivity contribution >= 4 is 33.8 Å². The standard InChI is InChI=1S/C16H21N3OS/c1-11(2)19(8-9-20-3)15-12-6-4-5-7-14(12)18-10-13(15)16(17)21/h4-7,10-11H,8-9H2,1-3H3,(H2,17,21). The summed E-state index contributed by atoms with van der Waals surface area (Å²) in [6.07, 6.45) is 1.77. The van der Waals surface area contributed by atoms with Crippen LogP contribution in [0.25, 0.3) is 10.9 Å². The molecule has 4 nitrogen and oxygen atoms in total. The molecule has 0 amide bonds. The third kappa shape index (κ3) is 3.31. The first kappa shape index (κ1) is 15.7. The van der Waals surface area contributed by atoms with Gasteiger partial charge in [0.05, 0.1) is 23.4 Å². The second kappa shape index (κ2) is 6.83. The van der Waals surface area contributed by atoms with Crippen molar-refractivity contribution in [3.8, 4) is 0 Å². The molecule has 2 N–H and O–H groups in total. The fourth-order valence-corrected chi connectivity index (χ4v) is 2.58. The number of nitrogens with zero attached hydrogens (tertiary/aromatic N) is 2.